The summed E-state index contributed by atoms with van der Waals surface area (Å²) in [6.45, 7) is 2.02. The summed E-state index contributed by atoms with van der Waals surface area (Å²) >= 11 is 11.8. The number of carbonyl (C=O) groups is 1. The number of sulfonamides is 1. The Labute approximate surface area is 162 Å². The van der Waals surface area contributed by atoms with Crippen LogP contribution in [0.5, 0.6) is 5.75 Å². The molecular formula is C17H18Cl2N2O4S. The molecule has 1 N–H and O–H groups in total. The fourth-order valence-electron chi connectivity index (χ4n) is 2.17. The molecule has 9 heteroatoms. The largest absolute Gasteiger partial charge is 0.494 e. The van der Waals surface area contributed by atoms with Crippen molar-refractivity contribution in [3.8, 4) is 5.75 Å². The van der Waals surface area contributed by atoms with Crippen molar-refractivity contribution in [2.24, 2.45) is 0 Å². The first-order valence-corrected chi connectivity index (χ1v) is 10.3. The number of carbonyl (C=O) groups excluding carboxylic acids is 1. The third kappa shape index (κ3) is 5.52. The number of amides is 1. The quantitative estimate of drug-likeness (QED) is 0.744. The summed E-state index contributed by atoms with van der Waals surface area (Å²) in [7, 11) is -3.70. The zero-order valence-corrected chi connectivity index (χ0v) is 16.5. The summed E-state index contributed by atoms with van der Waals surface area (Å²) in [6, 6.07) is 11.1. The van der Waals surface area contributed by atoms with Crippen LogP contribution in [-0.4, -0.2) is 33.7 Å². The highest BCUT2D eigenvalue weighted by atomic mass is 35.5. The van der Waals surface area contributed by atoms with E-state index in [1.165, 1.54) is 18.2 Å². The van der Waals surface area contributed by atoms with Crippen LogP contribution in [0, 0.1) is 0 Å². The summed E-state index contributed by atoms with van der Waals surface area (Å²) in [5.74, 6) is 0.185. The first-order valence-electron chi connectivity index (χ1n) is 7.66. The lowest BCUT2D eigenvalue weighted by atomic mass is 10.3. The number of anilines is 2. The van der Waals surface area contributed by atoms with Gasteiger partial charge in [0.25, 0.3) is 0 Å². The van der Waals surface area contributed by atoms with Crippen LogP contribution in [0.25, 0.3) is 0 Å². The SMILES string of the molecule is CCOc1ccc(NC(=O)CN(c2ccc(Cl)c(Cl)c2)S(C)(=O)=O)cc1. The van der Waals surface area contributed by atoms with Crippen molar-refractivity contribution in [3.63, 3.8) is 0 Å². The molecule has 0 fully saturated rings. The van der Waals surface area contributed by atoms with Crippen LogP contribution in [0.3, 0.4) is 0 Å². The van der Waals surface area contributed by atoms with Crippen molar-refractivity contribution in [3.05, 3.63) is 52.5 Å². The molecule has 2 rings (SSSR count). The molecule has 0 aromatic heterocycles. The van der Waals surface area contributed by atoms with Crippen molar-refractivity contribution in [1.29, 1.82) is 0 Å². The summed E-state index contributed by atoms with van der Waals surface area (Å²) < 4.78 is 30.5. The number of ether oxygens (including phenoxy) is 1. The normalized spacial score (nSPS) is 11.1. The Morgan fingerprint density at radius 3 is 2.31 bits per heavy atom. The van der Waals surface area contributed by atoms with E-state index in [-0.39, 0.29) is 10.7 Å². The van der Waals surface area contributed by atoms with Crippen molar-refractivity contribution in [1.82, 2.24) is 0 Å². The topological polar surface area (TPSA) is 75.7 Å². The number of nitrogens with one attached hydrogen (secondary N) is 1. The minimum absolute atomic E-state index is 0.199. The van der Waals surface area contributed by atoms with Gasteiger partial charge >= 0.3 is 0 Å². The Hall–Kier alpha value is -1.96. The molecule has 0 atom stereocenters. The zero-order chi connectivity index (χ0) is 19.3. The average Bonchev–Trinajstić information content (AvgIpc) is 2.56. The Balaban J connectivity index is 2.15. The Bertz CT molecular complexity index is 886. The number of hydrogen-bond acceptors (Lipinski definition) is 4. The summed E-state index contributed by atoms with van der Waals surface area (Å²) in [6.07, 6.45) is 1.01. The minimum atomic E-state index is -3.70. The molecule has 0 saturated heterocycles. The standard InChI is InChI=1S/C17H18Cl2N2O4S/c1-3-25-14-7-4-12(5-8-14)20-17(22)11-21(26(2,23)24)13-6-9-15(18)16(19)10-13/h4-10H,3,11H2,1-2H3,(H,20,22). The van der Waals surface area contributed by atoms with Crippen molar-refractivity contribution < 1.29 is 17.9 Å². The predicted molar refractivity (Wildman–Crippen MR) is 105 cm³/mol. The smallest absolute Gasteiger partial charge is 0.245 e. The second-order valence-corrected chi connectivity index (χ2v) is 8.09. The molecule has 0 unspecified atom stereocenters. The summed E-state index contributed by atoms with van der Waals surface area (Å²) in [5, 5.41) is 3.14. The molecule has 1 amide bonds. The molecule has 0 radical (unpaired) electrons. The molecule has 140 valence electrons. The monoisotopic (exact) mass is 416 g/mol. The second-order valence-electron chi connectivity index (χ2n) is 5.37. The maximum absolute atomic E-state index is 12.3. The lowest BCUT2D eigenvalue weighted by Crippen LogP contribution is -2.37. The van der Waals surface area contributed by atoms with E-state index < -0.39 is 22.5 Å². The zero-order valence-electron chi connectivity index (χ0n) is 14.2. The van der Waals surface area contributed by atoms with Gasteiger partial charge in [-0.15, -0.1) is 0 Å². The first kappa shape index (κ1) is 20.4. The fourth-order valence-corrected chi connectivity index (χ4v) is 3.31. The van der Waals surface area contributed by atoms with Crippen LogP contribution in [0.2, 0.25) is 10.0 Å². The average molecular weight is 417 g/mol. The van der Waals surface area contributed by atoms with Gasteiger partial charge in [0, 0.05) is 5.69 Å². The van der Waals surface area contributed by atoms with Gasteiger partial charge in [0.15, 0.2) is 0 Å². The Morgan fingerprint density at radius 1 is 1.12 bits per heavy atom. The van der Waals surface area contributed by atoms with Crippen LogP contribution in [0.15, 0.2) is 42.5 Å². The lowest BCUT2D eigenvalue weighted by molar-refractivity contribution is -0.114. The van der Waals surface area contributed by atoms with Crippen molar-refractivity contribution >= 4 is 50.5 Å². The summed E-state index contributed by atoms with van der Waals surface area (Å²) in [4.78, 5) is 12.3. The summed E-state index contributed by atoms with van der Waals surface area (Å²) in [5.41, 5.74) is 0.782. The molecule has 6 nitrogen and oxygen atoms in total. The van der Waals surface area contributed by atoms with Gasteiger partial charge in [-0.25, -0.2) is 8.42 Å². The molecule has 0 aliphatic heterocycles. The highest BCUT2D eigenvalue weighted by Crippen LogP contribution is 2.28. The highest BCUT2D eigenvalue weighted by Gasteiger charge is 2.21. The molecule has 0 saturated carbocycles. The molecular weight excluding hydrogens is 399 g/mol. The van der Waals surface area contributed by atoms with Gasteiger partial charge in [-0.05, 0) is 49.4 Å². The minimum Gasteiger partial charge on any atom is -0.494 e. The molecule has 2 aromatic rings. The molecule has 2 aromatic carbocycles. The number of benzene rings is 2. The van der Waals surface area contributed by atoms with Crippen LogP contribution in [0.1, 0.15) is 6.92 Å². The van der Waals surface area contributed by atoms with E-state index in [1.807, 2.05) is 6.92 Å². The molecule has 0 aliphatic rings. The van der Waals surface area contributed by atoms with Gasteiger partial charge in [0.05, 0.1) is 28.6 Å². The lowest BCUT2D eigenvalue weighted by Gasteiger charge is -2.22. The van der Waals surface area contributed by atoms with Crippen LogP contribution < -0.4 is 14.4 Å². The third-order valence-corrected chi connectivity index (χ3v) is 5.21. The maximum Gasteiger partial charge on any atom is 0.245 e. The Morgan fingerprint density at radius 2 is 1.77 bits per heavy atom. The van der Waals surface area contributed by atoms with Gasteiger partial charge in [-0.2, -0.15) is 0 Å². The first-order chi connectivity index (χ1) is 12.2. The Kier molecular flexibility index (Phi) is 6.75. The number of hydrogen-bond donors (Lipinski definition) is 1. The number of halogens is 2. The van der Waals surface area contributed by atoms with Crippen LogP contribution in [0.4, 0.5) is 11.4 Å². The van der Waals surface area contributed by atoms with Crippen LogP contribution in [-0.2, 0) is 14.8 Å². The highest BCUT2D eigenvalue weighted by molar-refractivity contribution is 7.92. The van der Waals surface area contributed by atoms with E-state index in [0.717, 1.165) is 10.6 Å². The van der Waals surface area contributed by atoms with Crippen LogP contribution >= 0.6 is 23.2 Å². The maximum atomic E-state index is 12.3. The van der Waals surface area contributed by atoms with Gasteiger partial charge in [-0.1, -0.05) is 23.2 Å². The molecule has 0 heterocycles. The van der Waals surface area contributed by atoms with E-state index in [0.29, 0.717) is 23.1 Å². The molecule has 0 aliphatic carbocycles. The van der Waals surface area contributed by atoms with Crippen molar-refractivity contribution in [2.45, 2.75) is 6.92 Å². The van der Waals surface area contributed by atoms with Gasteiger partial charge in [-0.3, -0.25) is 9.10 Å². The molecule has 0 spiro atoms. The number of rotatable bonds is 7. The van der Waals surface area contributed by atoms with Gasteiger partial charge < -0.3 is 10.1 Å². The van der Waals surface area contributed by atoms with Gasteiger partial charge in [0.2, 0.25) is 15.9 Å². The fraction of sp³-hybridized carbons (Fsp3) is 0.235. The molecule has 26 heavy (non-hydrogen) atoms. The third-order valence-electron chi connectivity index (χ3n) is 3.33. The predicted octanol–water partition coefficient (Wildman–Crippen LogP) is 3.80. The van der Waals surface area contributed by atoms with Gasteiger partial charge in [0.1, 0.15) is 12.3 Å². The second kappa shape index (κ2) is 8.62. The van der Waals surface area contributed by atoms with E-state index >= 15 is 0 Å². The van der Waals surface area contributed by atoms with E-state index in [2.05, 4.69) is 5.32 Å². The van der Waals surface area contributed by atoms with E-state index in [9.17, 15) is 13.2 Å². The molecule has 0 bridgehead atoms. The van der Waals surface area contributed by atoms with E-state index in [4.69, 9.17) is 27.9 Å². The van der Waals surface area contributed by atoms with Crippen molar-refractivity contribution in [2.75, 3.05) is 29.0 Å². The van der Waals surface area contributed by atoms with E-state index in [1.54, 1.807) is 24.3 Å². The number of nitrogens with zero attached hydrogens (tertiary/aromatic N) is 1.